The number of benzene rings is 1. The number of aliphatic hydroxyl groups excluding tert-OH is 3. The number of carbonyl (C=O) groups is 1. The lowest BCUT2D eigenvalue weighted by Crippen LogP contribution is -2.59. The maximum absolute atomic E-state index is 11.6. The number of ether oxygens (including phenoxy) is 4. The maximum Gasteiger partial charge on any atom is 0.407 e. The molecule has 0 aromatic heterocycles. The molecular formula is C16H21NO8. The summed E-state index contributed by atoms with van der Waals surface area (Å²) in [4.78, 5) is 11.6. The molecule has 0 bridgehead atoms. The van der Waals surface area contributed by atoms with Crippen LogP contribution in [0.15, 0.2) is 12.1 Å². The number of hydrogen-bond acceptors (Lipinski definition) is 8. The van der Waals surface area contributed by atoms with Crippen molar-refractivity contribution in [2.45, 2.75) is 36.7 Å². The van der Waals surface area contributed by atoms with Crippen LogP contribution in [0.25, 0.3) is 0 Å². The molecule has 5 atom stereocenters. The predicted molar refractivity (Wildman–Crippen MR) is 83.8 cm³/mol. The molecule has 9 nitrogen and oxygen atoms in total. The minimum Gasteiger partial charge on any atom is -0.493 e. The Balaban J connectivity index is 1.98. The van der Waals surface area contributed by atoms with Crippen molar-refractivity contribution in [2.75, 3.05) is 21.0 Å². The van der Waals surface area contributed by atoms with E-state index in [1.54, 1.807) is 12.1 Å². The molecule has 3 rings (SSSR count). The Morgan fingerprint density at radius 1 is 1.20 bits per heavy atom. The van der Waals surface area contributed by atoms with Crippen LogP contribution in [0.4, 0.5) is 4.79 Å². The molecule has 0 spiro atoms. The molecule has 1 fully saturated rings. The molecule has 9 heteroatoms. The van der Waals surface area contributed by atoms with Gasteiger partial charge in [0.25, 0.3) is 0 Å². The van der Waals surface area contributed by atoms with E-state index in [1.807, 2.05) is 0 Å². The molecule has 1 aromatic carbocycles. The zero-order valence-electron chi connectivity index (χ0n) is 13.8. The first-order valence-electron chi connectivity index (χ1n) is 7.82. The van der Waals surface area contributed by atoms with E-state index < -0.39 is 36.4 Å². The number of rotatable bonds is 3. The van der Waals surface area contributed by atoms with Gasteiger partial charge in [-0.25, -0.2) is 4.79 Å². The van der Waals surface area contributed by atoms with E-state index >= 15 is 0 Å². The standard InChI is InChI=1S/C16H21NO8/c1-22-10-3-7(4-11-15(10)25-6-24-11)8-5-9(18)13(19)14(20)12(8)17-16(21)23-2/h3-4,8-9,12-14,18-20H,5-6H2,1-2H3,(H,17,21)/t8-,9+,12-,13-,14+/m1/s1. The molecule has 4 N–H and O–H groups in total. The second-order valence-corrected chi connectivity index (χ2v) is 6.01. The number of alkyl carbamates (subject to hydrolysis) is 1. The summed E-state index contributed by atoms with van der Waals surface area (Å²) in [6.45, 7) is 0.0631. The lowest BCUT2D eigenvalue weighted by atomic mass is 9.75. The molecular weight excluding hydrogens is 334 g/mol. The fraction of sp³-hybridized carbons (Fsp3) is 0.562. The SMILES string of the molecule is COC(=O)N[C@H]1[C@H](O)[C@H](O)[C@@H](O)C[C@@H]1c1cc(OC)c2c(c1)OCO2. The number of amides is 1. The number of fused-ring (bicyclic) bond motifs is 1. The Hall–Kier alpha value is -2.23. The third kappa shape index (κ3) is 3.17. The van der Waals surface area contributed by atoms with Crippen molar-refractivity contribution in [2.24, 2.45) is 0 Å². The van der Waals surface area contributed by atoms with Crippen molar-refractivity contribution in [3.63, 3.8) is 0 Å². The van der Waals surface area contributed by atoms with Gasteiger partial charge < -0.3 is 39.6 Å². The van der Waals surface area contributed by atoms with E-state index in [1.165, 1.54) is 14.2 Å². The van der Waals surface area contributed by atoms with E-state index in [0.717, 1.165) is 0 Å². The van der Waals surface area contributed by atoms with Gasteiger partial charge in [-0.1, -0.05) is 0 Å². The monoisotopic (exact) mass is 355 g/mol. The highest BCUT2D eigenvalue weighted by Gasteiger charge is 2.45. The van der Waals surface area contributed by atoms with Crippen LogP contribution >= 0.6 is 0 Å². The molecule has 1 amide bonds. The van der Waals surface area contributed by atoms with E-state index in [4.69, 9.17) is 14.2 Å². The van der Waals surface area contributed by atoms with Gasteiger partial charge in [0.15, 0.2) is 11.5 Å². The summed E-state index contributed by atoms with van der Waals surface area (Å²) in [5, 5.41) is 32.9. The highest BCUT2D eigenvalue weighted by atomic mass is 16.7. The normalized spacial score (nSPS) is 30.7. The fourth-order valence-corrected chi connectivity index (χ4v) is 3.31. The van der Waals surface area contributed by atoms with Crippen molar-refractivity contribution in [3.05, 3.63) is 17.7 Å². The largest absolute Gasteiger partial charge is 0.493 e. The van der Waals surface area contributed by atoms with Gasteiger partial charge in [0.05, 0.1) is 26.4 Å². The van der Waals surface area contributed by atoms with E-state index in [2.05, 4.69) is 10.1 Å². The van der Waals surface area contributed by atoms with Crippen LogP contribution < -0.4 is 19.5 Å². The summed E-state index contributed by atoms with van der Waals surface area (Å²) in [5.41, 5.74) is 0.660. The number of nitrogens with one attached hydrogen (secondary N) is 1. The highest BCUT2D eigenvalue weighted by Crippen LogP contribution is 2.45. The minimum atomic E-state index is -1.38. The van der Waals surface area contributed by atoms with Crippen LogP contribution in [0.5, 0.6) is 17.2 Å². The zero-order chi connectivity index (χ0) is 18.1. The predicted octanol–water partition coefficient (Wildman–Crippen LogP) is -0.282. The molecule has 0 unspecified atom stereocenters. The first kappa shape index (κ1) is 17.6. The molecule has 2 aliphatic rings. The van der Waals surface area contributed by atoms with Crippen molar-refractivity contribution in [3.8, 4) is 17.2 Å². The van der Waals surface area contributed by atoms with Gasteiger partial charge in [-0.2, -0.15) is 0 Å². The molecule has 1 heterocycles. The first-order chi connectivity index (χ1) is 12.0. The van der Waals surface area contributed by atoms with Gasteiger partial charge in [0.2, 0.25) is 12.5 Å². The van der Waals surface area contributed by atoms with Crippen molar-refractivity contribution in [1.29, 1.82) is 0 Å². The molecule has 0 radical (unpaired) electrons. The Kier molecular flexibility index (Phi) is 4.89. The van der Waals surface area contributed by atoms with E-state index in [9.17, 15) is 20.1 Å². The van der Waals surface area contributed by atoms with Gasteiger partial charge in [0.1, 0.15) is 12.2 Å². The Morgan fingerprint density at radius 3 is 2.64 bits per heavy atom. The molecule has 1 aromatic rings. The Labute approximate surface area is 144 Å². The van der Waals surface area contributed by atoms with Crippen LogP contribution in [-0.2, 0) is 4.74 Å². The summed E-state index contributed by atoms with van der Waals surface area (Å²) in [6.07, 6.45) is -4.52. The average molecular weight is 355 g/mol. The summed E-state index contributed by atoms with van der Waals surface area (Å²) in [6, 6.07) is 2.54. The van der Waals surface area contributed by atoms with Crippen molar-refractivity contribution >= 4 is 6.09 Å². The lowest BCUT2D eigenvalue weighted by Gasteiger charge is -2.41. The quantitative estimate of drug-likeness (QED) is 0.583. The smallest absolute Gasteiger partial charge is 0.407 e. The van der Waals surface area contributed by atoms with Crippen LogP contribution in [0.2, 0.25) is 0 Å². The maximum atomic E-state index is 11.6. The summed E-state index contributed by atoms with van der Waals surface area (Å²) >= 11 is 0. The number of methoxy groups -OCH3 is 2. The first-order valence-corrected chi connectivity index (χ1v) is 7.82. The zero-order valence-corrected chi connectivity index (χ0v) is 13.8. The molecule has 138 valence electrons. The minimum absolute atomic E-state index is 0.0631. The van der Waals surface area contributed by atoms with Crippen LogP contribution in [0.3, 0.4) is 0 Å². The van der Waals surface area contributed by atoms with Crippen LogP contribution in [0, 0.1) is 0 Å². The third-order valence-electron chi connectivity index (χ3n) is 4.62. The number of carbonyl (C=O) groups excluding carboxylic acids is 1. The van der Waals surface area contributed by atoms with Gasteiger partial charge in [0, 0.05) is 5.92 Å². The molecule has 0 saturated heterocycles. The highest BCUT2D eigenvalue weighted by molar-refractivity contribution is 5.68. The third-order valence-corrected chi connectivity index (χ3v) is 4.62. The fourth-order valence-electron chi connectivity index (χ4n) is 3.31. The van der Waals surface area contributed by atoms with Crippen LogP contribution in [-0.4, -0.2) is 66.8 Å². The molecule has 1 saturated carbocycles. The number of aliphatic hydroxyl groups is 3. The van der Waals surface area contributed by atoms with E-state index in [0.29, 0.717) is 22.8 Å². The number of hydrogen-bond donors (Lipinski definition) is 4. The van der Waals surface area contributed by atoms with Gasteiger partial charge in [-0.05, 0) is 24.1 Å². The Bertz CT molecular complexity index is 651. The average Bonchev–Trinajstić information content (AvgIpc) is 3.09. The van der Waals surface area contributed by atoms with Crippen LogP contribution in [0.1, 0.15) is 17.9 Å². The lowest BCUT2D eigenvalue weighted by molar-refractivity contribution is -0.104. The van der Waals surface area contributed by atoms with E-state index in [-0.39, 0.29) is 13.2 Å². The Morgan fingerprint density at radius 2 is 1.96 bits per heavy atom. The summed E-state index contributed by atoms with van der Waals surface area (Å²) < 4.78 is 20.7. The molecule has 1 aliphatic heterocycles. The summed E-state index contributed by atoms with van der Waals surface area (Å²) in [7, 11) is 2.69. The summed E-state index contributed by atoms with van der Waals surface area (Å²) in [5.74, 6) is 0.884. The van der Waals surface area contributed by atoms with Crippen molar-refractivity contribution < 1.29 is 39.1 Å². The second-order valence-electron chi connectivity index (χ2n) is 6.01. The molecule has 1 aliphatic carbocycles. The second kappa shape index (κ2) is 6.95. The molecule has 25 heavy (non-hydrogen) atoms. The van der Waals surface area contributed by atoms with Gasteiger partial charge in [-0.3, -0.25) is 0 Å². The van der Waals surface area contributed by atoms with Gasteiger partial charge in [-0.15, -0.1) is 0 Å². The van der Waals surface area contributed by atoms with Gasteiger partial charge >= 0.3 is 6.09 Å². The van der Waals surface area contributed by atoms with Crippen molar-refractivity contribution in [1.82, 2.24) is 5.32 Å². The topological polar surface area (TPSA) is 127 Å².